The third-order valence-corrected chi connectivity index (χ3v) is 4.09. The standard InChI is InChI=1S/C17H29N5O/c1-14(2)12-21-9-5-16(6-10-21)20-17(23)18-11-15(3)13-22-8-4-7-19-22/h4,7-8,15-16H,1,5-6,9-13H2,2-3H3,(H2,18,20,23)/t15-/m0/s1. The smallest absolute Gasteiger partial charge is 0.315 e. The summed E-state index contributed by atoms with van der Waals surface area (Å²) in [6, 6.07) is 2.13. The van der Waals surface area contributed by atoms with Crippen LogP contribution in [0.2, 0.25) is 0 Å². The number of amides is 2. The van der Waals surface area contributed by atoms with Gasteiger partial charge >= 0.3 is 6.03 Å². The number of hydrogen-bond donors (Lipinski definition) is 2. The van der Waals surface area contributed by atoms with Crippen molar-refractivity contribution in [1.29, 1.82) is 0 Å². The van der Waals surface area contributed by atoms with Gasteiger partial charge in [-0.05, 0) is 31.7 Å². The molecule has 23 heavy (non-hydrogen) atoms. The fourth-order valence-electron chi connectivity index (χ4n) is 2.91. The number of rotatable bonds is 7. The highest BCUT2D eigenvalue weighted by Gasteiger charge is 2.20. The number of nitrogens with one attached hydrogen (secondary N) is 2. The van der Waals surface area contributed by atoms with Crippen LogP contribution in [0, 0.1) is 5.92 Å². The molecular formula is C17H29N5O. The van der Waals surface area contributed by atoms with Gasteiger partial charge in [0.15, 0.2) is 0 Å². The summed E-state index contributed by atoms with van der Waals surface area (Å²) in [6.45, 7) is 12.6. The van der Waals surface area contributed by atoms with Gasteiger partial charge in [-0.2, -0.15) is 5.10 Å². The van der Waals surface area contributed by atoms with Crippen molar-refractivity contribution in [2.75, 3.05) is 26.2 Å². The molecular weight excluding hydrogens is 290 g/mol. The van der Waals surface area contributed by atoms with Crippen molar-refractivity contribution in [3.05, 3.63) is 30.6 Å². The van der Waals surface area contributed by atoms with Crippen LogP contribution < -0.4 is 10.6 Å². The summed E-state index contributed by atoms with van der Waals surface area (Å²) >= 11 is 0. The Morgan fingerprint density at radius 1 is 1.43 bits per heavy atom. The summed E-state index contributed by atoms with van der Waals surface area (Å²) < 4.78 is 1.89. The van der Waals surface area contributed by atoms with E-state index in [-0.39, 0.29) is 12.1 Å². The van der Waals surface area contributed by atoms with E-state index in [2.05, 4.69) is 41.1 Å². The van der Waals surface area contributed by atoms with Gasteiger partial charge in [-0.3, -0.25) is 9.58 Å². The first-order chi connectivity index (χ1) is 11.0. The van der Waals surface area contributed by atoms with Crippen molar-refractivity contribution in [2.24, 2.45) is 5.92 Å². The lowest BCUT2D eigenvalue weighted by Gasteiger charge is -2.32. The van der Waals surface area contributed by atoms with Crippen LogP contribution in [0.5, 0.6) is 0 Å². The molecule has 6 heteroatoms. The minimum atomic E-state index is -0.0596. The molecule has 0 unspecified atom stereocenters. The maximum absolute atomic E-state index is 12.0. The Hall–Kier alpha value is -1.82. The van der Waals surface area contributed by atoms with Gasteiger partial charge in [0, 0.05) is 51.2 Å². The molecule has 2 amide bonds. The van der Waals surface area contributed by atoms with Crippen molar-refractivity contribution in [3.63, 3.8) is 0 Å². The van der Waals surface area contributed by atoms with Crippen LogP contribution in [0.1, 0.15) is 26.7 Å². The van der Waals surface area contributed by atoms with E-state index < -0.39 is 0 Å². The Morgan fingerprint density at radius 3 is 2.78 bits per heavy atom. The third-order valence-electron chi connectivity index (χ3n) is 4.09. The van der Waals surface area contributed by atoms with E-state index in [0.717, 1.165) is 39.0 Å². The Balaban J connectivity index is 1.61. The summed E-state index contributed by atoms with van der Waals surface area (Å²) in [5.74, 6) is 0.345. The van der Waals surface area contributed by atoms with Crippen molar-refractivity contribution in [3.8, 4) is 0 Å². The first kappa shape index (κ1) is 17.5. The molecule has 0 aromatic carbocycles. The molecule has 0 radical (unpaired) electrons. The Morgan fingerprint density at radius 2 is 2.17 bits per heavy atom. The monoisotopic (exact) mass is 319 g/mol. The van der Waals surface area contributed by atoms with E-state index in [0.29, 0.717) is 12.5 Å². The lowest BCUT2D eigenvalue weighted by atomic mass is 10.0. The molecule has 1 fully saturated rings. The van der Waals surface area contributed by atoms with Gasteiger partial charge in [-0.25, -0.2) is 4.79 Å². The summed E-state index contributed by atoms with van der Waals surface area (Å²) in [5, 5.41) is 10.2. The number of hydrogen-bond acceptors (Lipinski definition) is 3. The van der Waals surface area contributed by atoms with Crippen molar-refractivity contribution in [1.82, 2.24) is 25.3 Å². The molecule has 0 aliphatic carbocycles. The highest BCUT2D eigenvalue weighted by atomic mass is 16.2. The van der Waals surface area contributed by atoms with Crippen LogP contribution in [-0.2, 0) is 6.54 Å². The van der Waals surface area contributed by atoms with Gasteiger partial charge in [0.25, 0.3) is 0 Å². The number of carbonyl (C=O) groups is 1. The average molecular weight is 319 g/mol. The quantitative estimate of drug-likeness (QED) is 0.754. The van der Waals surface area contributed by atoms with Crippen LogP contribution >= 0.6 is 0 Å². The lowest BCUT2D eigenvalue weighted by Crippen LogP contribution is -2.48. The molecule has 6 nitrogen and oxygen atoms in total. The minimum Gasteiger partial charge on any atom is -0.338 e. The topological polar surface area (TPSA) is 62.2 Å². The second-order valence-electron chi connectivity index (χ2n) is 6.70. The Kier molecular flexibility index (Phi) is 6.65. The molecule has 2 rings (SSSR count). The van der Waals surface area contributed by atoms with Crippen molar-refractivity contribution >= 4 is 6.03 Å². The van der Waals surface area contributed by atoms with Crippen LogP contribution in [-0.4, -0.2) is 52.9 Å². The van der Waals surface area contributed by atoms with Crippen LogP contribution in [0.25, 0.3) is 0 Å². The first-order valence-electron chi connectivity index (χ1n) is 8.41. The van der Waals surface area contributed by atoms with Crippen LogP contribution in [0.15, 0.2) is 30.6 Å². The number of carbonyl (C=O) groups excluding carboxylic acids is 1. The van der Waals surface area contributed by atoms with E-state index in [9.17, 15) is 4.79 Å². The van der Waals surface area contributed by atoms with E-state index in [4.69, 9.17) is 0 Å². The van der Waals surface area contributed by atoms with Gasteiger partial charge in [-0.1, -0.05) is 19.1 Å². The first-order valence-corrected chi connectivity index (χ1v) is 8.41. The van der Waals surface area contributed by atoms with Crippen molar-refractivity contribution in [2.45, 2.75) is 39.3 Å². The van der Waals surface area contributed by atoms with Crippen molar-refractivity contribution < 1.29 is 4.79 Å². The largest absolute Gasteiger partial charge is 0.338 e. The predicted octanol–water partition coefficient (Wildman–Crippen LogP) is 1.86. The van der Waals surface area contributed by atoms with Gasteiger partial charge in [0.1, 0.15) is 0 Å². The lowest BCUT2D eigenvalue weighted by molar-refractivity contribution is 0.201. The number of likely N-dealkylation sites (tertiary alicyclic amines) is 1. The Labute approximate surface area is 138 Å². The van der Waals surface area contributed by atoms with E-state index >= 15 is 0 Å². The Bertz CT molecular complexity index is 491. The highest BCUT2D eigenvalue weighted by molar-refractivity contribution is 5.74. The summed E-state index contributed by atoms with van der Waals surface area (Å²) in [6.07, 6.45) is 5.72. The highest BCUT2D eigenvalue weighted by Crippen LogP contribution is 2.11. The van der Waals surface area contributed by atoms with E-state index in [1.807, 2.05) is 16.9 Å². The minimum absolute atomic E-state index is 0.0596. The molecule has 2 heterocycles. The molecule has 1 atom stereocenters. The normalized spacial score (nSPS) is 17.7. The van der Waals surface area contributed by atoms with E-state index in [1.54, 1.807) is 6.20 Å². The van der Waals surface area contributed by atoms with Gasteiger partial charge in [0.05, 0.1) is 0 Å². The fourth-order valence-corrected chi connectivity index (χ4v) is 2.91. The number of aromatic nitrogens is 2. The molecule has 1 aromatic heterocycles. The summed E-state index contributed by atoms with van der Waals surface area (Å²) in [4.78, 5) is 14.4. The van der Waals surface area contributed by atoms with Gasteiger partial charge in [-0.15, -0.1) is 0 Å². The zero-order chi connectivity index (χ0) is 16.7. The zero-order valence-electron chi connectivity index (χ0n) is 14.3. The SMILES string of the molecule is C=C(C)CN1CCC(NC(=O)NC[C@H](C)Cn2cccn2)CC1. The maximum Gasteiger partial charge on any atom is 0.315 e. The molecule has 1 aliphatic heterocycles. The molecule has 128 valence electrons. The molecule has 0 spiro atoms. The second-order valence-corrected chi connectivity index (χ2v) is 6.70. The second kappa shape index (κ2) is 8.72. The molecule has 0 bridgehead atoms. The number of urea groups is 1. The van der Waals surface area contributed by atoms with Gasteiger partial charge in [0.2, 0.25) is 0 Å². The molecule has 2 N–H and O–H groups in total. The number of nitrogens with zero attached hydrogens (tertiary/aromatic N) is 3. The predicted molar refractivity (Wildman–Crippen MR) is 92.2 cm³/mol. The summed E-state index contributed by atoms with van der Waals surface area (Å²) in [7, 11) is 0. The van der Waals surface area contributed by atoms with Crippen LogP contribution in [0.4, 0.5) is 4.79 Å². The molecule has 1 saturated heterocycles. The maximum atomic E-state index is 12.0. The fraction of sp³-hybridized carbons (Fsp3) is 0.647. The number of piperidine rings is 1. The molecule has 0 saturated carbocycles. The molecule has 1 aliphatic rings. The zero-order valence-corrected chi connectivity index (χ0v) is 14.3. The van der Waals surface area contributed by atoms with Gasteiger partial charge < -0.3 is 10.6 Å². The van der Waals surface area contributed by atoms with Crippen LogP contribution in [0.3, 0.4) is 0 Å². The summed E-state index contributed by atoms with van der Waals surface area (Å²) in [5.41, 5.74) is 1.19. The average Bonchev–Trinajstić information content (AvgIpc) is 2.99. The van der Waals surface area contributed by atoms with E-state index in [1.165, 1.54) is 5.57 Å². The third kappa shape index (κ3) is 6.44. The molecule has 1 aromatic rings.